The van der Waals surface area contributed by atoms with E-state index in [1.807, 2.05) is 0 Å². The highest BCUT2D eigenvalue weighted by Gasteiger charge is 2.19. The molecule has 26 heavy (non-hydrogen) atoms. The molecule has 8 heteroatoms. The van der Waals surface area contributed by atoms with Crippen LogP contribution in [0.5, 0.6) is 0 Å². The molecule has 130 valence electrons. The Kier molecular flexibility index (Phi) is 3.96. The first-order valence-corrected chi connectivity index (χ1v) is 8.55. The van der Waals surface area contributed by atoms with Crippen molar-refractivity contribution < 1.29 is 13.9 Å². The number of thiophene rings is 1. The molecule has 4 aromatic rings. The molecule has 0 aliphatic rings. The van der Waals surface area contributed by atoms with Crippen LogP contribution >= 0.6 is 11.3 Å². The number of carbonyl (C=O) groups excluding carboxylic acids is 1. The minimum absolute atomic E-state index is 0.298. The van der Waals surface area contributed by atoms with E-state index in [0.29, 0.717) is 31.4 Å². The Morgan fingerprint density at radius 2 is 2.04 bits per heavy atom. The van der Waals surface area contributed by atoms with Crippen LogP contribution < -0.4 is 5.56 Å². The predicted molar refractivity (Wildman–Crippen MR) is 95.7 cm³/mol. The van der Waals surface area contributed by atoms with Gasteiger partial charge in [-0.3, -0.25) is 4.79 Å². The first-order valence-electron chi connectivity index (χ1n) is 7.73. The summed E-state index contributed by atoms with van der Waals surface area (Å²) in [5, 5.41) is 8.50. The molecule has 0 bridgehead atoms. The third kappa shape index (κ3) is 2.64. The van der Waals surface area contributed by atoms with Gasteiger partial charge in [0.2, 0.25) is 0 Å². The van der Waals surface area contributed by atoms with Crippen molar-refractivity contribution in [3.8, 4) is 0 Å². The average molecular weight is 369 g/mol. The molecule has 0 aliphatic heterocycles. The zero-order valence-electron chi connectivity index (χ0n) is 13.6. The van der Waals surface area contributed by atoms with Gasteiger partial charge < -0.3 is 4.74 Å². The number of aryl methyl sites for hydroxylation is 1. The Labute approximate surface area is 150 Å². The molecule has 2 heterocycles. The molecule has 0 fully saturated rings. The quantitative estimate of drug-likeness (QED) is 0.518. The summed E-state index contributed by atoms with van der Waals surface area (Å²) in [5.74, 6) is -1.02. The fourth-order valence-electron chi connectivity index (χ4n) is 2.74. The second-order valence-electron chi connectivity index (χ2n) is 5.64. The van der Waals surface area contributed by atoms with Gasteiger partial charge in [0.15, 0.2) is 6.73 Å². The van der Waals surface area contributed by atoms with Crippen molar-refractivity contribution in [3.05, 3.63) is 69.1 Å². The van der Waals surface area contributed by atoms with E-state index in [1.165, 1.54) is 6.07 Å². The van der Waals surface area contributed by atoms with E-state index >= 15 is 0 Å². The van der Waals surface area contributed by atoms with Crippen LogP contribution in [0.4, 0.5) is 4.39 Å². The van der Waals surface area contributed by atoms with Crippen LogP contribution in [0, 0.1) is 12.7 Å². The van der Waals surface area contributed by atoms with Crippen molar-refractivity contribution in [2.45, 2.75) is 13.7 Å². The maximum atomic E-state index is 14.0. The molecule has 0 saturated carbocycles. The second-order valence-corrected chi connectivity index (χ2v) is 6.69. The lowest BCUT2D eigenvalue weighted by Crippen LogP contribution is -2.26. The van der Waals surface area contributed by atoms with Crippen LogP contribution in [-0.4, -0.2) is 21.0 Å². The van der Waals surface area contributed by atoms with Gasteiger partial charge in [0.05, 0.1) is 5.39 Å². The first kappa shape index (κ1) is 16.3. The number of fused-ring (bicyclic) bond motifs is 2. The van der Waals surface area contributed by atoms with Gasteiger partial charge in [-0.25, -0.2) is 9.18 Å². The highest BCUT2D eigenvalue weighted by Crippen LogP contribution is 2.32. The molecule has 4 rings (SSSR count). The third-order valence-corrected chi connectivity index (χ3v) is 5.27. The molecule has 0 aliphatic carbocycles. The smallest absolute Gasteiger partial charge is 0.350 e. The summed E-state index contributed by atoms with van der Waals surface area (Å²) < 4.78 is 20.8. The number of hydrogen-bond donors (Lipinski definition) is 0. The SMILES string of the molecule is Cc1c(C(=O)OCn2nnc3ccccc3c2=O)sc2cccc(F)c12. The number of ether oxygens (including phenoxy) is 1. The largest absolute Gasteiger partial charge is 0.438 e. The minimum atomic E-state index is -0.634. The number of halogens is 1. The summed E-state index contributed by atoms with van der Waals surface area (Å²) in [6.07, 6.45) is 0. The summed E-state index contributed by atoms with van der Waals surface area (Å²) >= 11 is 1.15. The summed E-state index contributed by atoms with van der Waals surface area (Å²) in [6, 6.07) is 11.5. The van der Waals surface area contributed by atoms with E-state index in [0.717, 1.165) is 16.0 Å². The lowest BCUT2D eigenvalue weighted by atomic mass is 10.1. The number of esters is 1. The van der Waals surface area contributed by atoms with Crippen molar-refractivity contribution >= 4 is 38.3 Å². The minimum Gasteiger partial charge on any atom is -0.438 e. The fourth-order valence-corrected chi connectivity index (χ4v) is 3.86. The zero-order chi connectivity index (χ0) is 18.3. The van der Waals surface area contributed by atoms with Crippen molar-refractivity contribution in [2.75, 3.05) is 0 Å². The predicted octanol–water partition coefficient (Wildman–Crippen LogP) is 3.27. The van der Waals surface area contributed by atoms with Crippen LogP contribution in [0.1, 0.15) is 15.2 Å². The average Bonchev–Trinajstić information content (AvgIpc) is 2.99. The Balaban J connectivity index is 1.62. The first-order chi connectivity index (χ1) is 12.6. The standard InChI is InChI=1S/C18H12FN3O3S/c1-10-15-12(19)6-4-8-14(15)26-16(10)18(24)25-9-22-17(23)11-5-2-3-7-13(11)20-21-22/h2-8H,9H2,1H3. The number of carbonyl (C=O) groups is 1. The maximum absolute atomic E-state index is 14.0. The van der Waals surface area contributed by atoms with Crippen molar-refractivity contribution in [1.82, 2.24) is 15.0 Å². The van der Waals surface area contributed by atoms with Crippen molar-refractivity contribution in [1.29, 1.82) is 0 Å². The molecule has 2 aromatic carbocycles. The van der Waals surface area contributed by atoms with Crippen LogP contribution in [0.3, 0.4) is 0 Å². The zero-order valence-corrected chi connectivity index (χ0v) is 14.4. The summed E-state index contributed by atoms with van der Waals surface area (Å²) in [6.45, 7) is 1.30. The Morgan fingerprint density at radius 3 is 2.85 bits per heavy atom. The topological polar surface area (TPSA) is 74.1 Å². The van der Waals surface area contributed by atoms with E-state index in [9.17, 15) is 14.0 Å². The molecule has 2 aromatic heterocycles. The lowest BCUT2D eigenvalue weighted by Gasteiger charge is -2.06. The number of aromatic nitrogens is 3. The molecule has 0 N–H and O–H groups in total. The Bertz CT molecular complexity index is 1220. The summed E-state index contributed by atoms with van der Waals surface area (Å²) in [7, 11) is 0. The summed E-state index contributed by atoms with van der Waals surface area (Å²) in [5.41, 5.74) is 0.587. The van der Waals surface area contributed by atoms with Crippen LogP contribution in [0.2, 0.25) is 0 Å². The number of benzene rings is 2. The number of rotatable bonds is 3. The van der Waals surface area contributed by atoms with E-state index in [2.05, 4.69) is 10.3 Å². The Morgan fingerprint density at radius 1 is 1.23 bits per heavy atom. The van der Waals surface area contributed by atoms with Gasteiger partial charge in [-0.15, -0.1) is 16.4 Å². The van der Waals surface area contributed by atoms with E-state index in [4.69, 9.17) is 4.74 Å². The molecule has 6 nitrogen and oxygen atoms in total. The second kappa shape index (κ2) is 6.30. The highest BCUT2D eigenvalue weighted by atomic mass is 32.1. The molecule has 0 amide bonds. The molecule has 0 atom stereocenters. The van der Waals surface area contributed by atoms with E-state index < -0.39 is 11.5 Å². The van der Waals surface area contributed by atoms with Gasteiger partial charge in [-0.1, -0.05) is 23.4 Å². The molecule has 0 spiro atoms. The van der Waals surface area contributed by atoms with Crippen LogP contribution in [-0.2, 0) is 11.5 Å². The molecule has 0 saturated heterocycles. The van der Waals surface area contributed by atoms with Crippen molar-refractivity contribution in [2.24, 2.45) is 0 Å². The lowest BCUT2D eigenvalue weighted by molar-refractivity contribution is 0.0341. The van der Waals surface area contributed by atoms with Gasteiger partial charge in [-0.2, -0.15) is 4.68 Å². The molecule has 0 radical (unpaired) electrons. The van der Waals surface area contributed by atoms with Gasteiger partial charge in [0.1, 0.15) is 16.2 Å². The normalized spacial score (nSPS) is 11.2. The van der Waals surface area contributed by atoms with Gasteiger partial charge in [0, 0.05) is 10.1 Å². The van der Waals surface area contributed by atoms with Gasteiger partial charge in [0.25, 0.3) is 5.56 Å². The molecule has 0 unspecified atom stereocenters. The monoisotopic (exact) mass is 369 g/mol. The van der Waals surface area contributed by atoms with Crippen molar-refractivity contribution in [3.63, 3.8) is 0 Å². The highest BCUT2D eigenvalue weighted by molar-refractivity contribution is 7.21. The summed E-state index contributed by atoms with van der Waals surface area (Å²) in [4.78, 5) is 25.0. The van der Waals surface area contributed by atoms with Crippen LogP contribution in [0.25, 0.3) is 21.0 Å². The number of hydrogen-bond acceptors (Lipinski definition) is 6. The van der Waals surface area contributed by atoms with Gasteiger partial charge >= 0.3 is 5.97 Å². The van der Waals surface area contributed by atoms with E-state index in [1.54, 1.807) is 43.3 Å². The molecular weight excluding hydrogens is 357 g/mol. The number of nitrogens with zero attached hydrogens (tertiary/aromatic N) is 3. The Hall–Kier alpha value is -3.13. The fraction of sp³-hybridized carbons (Fsp3) is 0.111. The third-order valence-electron chi connectivity index (χ3n) is 4.04. The van der Waals surface area contributed by atoms with Gasteiger partial charge in [-0.05, 0) is 36.8 Å². The molecular formula is C18H12FN3O3S. The van der Waals surface area contributed by atoms with Crippen LogP contribution in [0.15, 0.2) is 47.3 Å². The van der Waals surface area contributed by atoms with E-state index in [-0.39, 0.29) is 12.5 Å². The maximum Gasteiger partial charge on any atom is 0.350 e.